The van der Waals surface area contributed by atoms with Gasteiger partial charge in [-0.2, -0.15) is 23.4 Å². The summed E-state index contributed by atoms with van der Waals surface area (Å²) in [5.74, 6) is -0.426. The maximum Gasteiger partial charge on any atom is 0.433 e. The number of amides is 1. The van der Waals surface area contributed by atoms with Gasteiger partial charge in [-0.25, -0.2) is 9.50 Å². The number of rotatable bonds is 4. The zero-order valence-electron chi connectivity index (χ0n) is 14.7. The van der Waals surface area contributed by atoms with Crippen molar-refractivity contribution in [2.24, 2.45) is 7.05 Å². The summed E-state index contributed by atoms with van der Waals surface area (Å²) in [6.07, 6.45) is 1.57. The van der Waals surface area contributed by atoms with Crippen molar-refractivity contribution in [2.75, 3.05) is 7.05 Å². The molecule has 1 aliphatic rings. The molecular formula is C17H17F3N6O. The van der Waals surface area contributed by atoms with Gasteiger partial charge in [0.2, 0.25) is 0 Å². The van der Waals surface area contributed by atoms with Crippen LogP contribution in [0.4, 0.5) is 13.2 Å². The van der Waals surface area contributed by atoms with E-state index < -0.39 is 17.8 Å². The first kappa shape index (κ1) is 17.5. The highest BCUT2D eigenvalue weighted by Crippen LogP contribution is 2.41. The van der Waals surface area contributed by atoms with E-state index in [1.165, 1.54) is 4.90 Å². The molecule has 4 rings (SSSR count). The number of aromatic nitrogens is 5. The van der Waals surface area contributed by atoms with Crippen LogP contribution in [0.5, 0.6) is 0 Å². The Bertz CT molecular complexity index is 1020. The highest BCUT2D eigenvalue weighted by molar-refractivity contribution is 5.99. The lowest BCUT2D eigenvalue weighted by atomic mass is 10.2. The molecule has 27 heavy (non-hydrogen) atoms. The van der Waals surface area contributed by atoms with Gasteiger partial charge in [0.1, 0.15) is 11.3 Å². The molecule has 0 radical (unpaired) electrons. The maximum atomic E-state index is 13.4. The average molecular weight is 378 g/mol. The molecule has 1 fully saturated rings. The van der Waals surface area contributed by atoms with Crippen molar-refractivity contribution in [2.45, 2.75) is 31.5 Å². The summed E-state index contributed by atoms with van der Waals surface area (Å²) in [4.78, 5) is 18.5. The SMILES string of the molecule is CN(Cc1cnn(C)c1)C(=O)c1cnn2c(C(F)(F)F)cc(C3CC3)nc12. The second kappa shape index (κ2) is 6.07. The molecule has 142 valence electrons. The van der Waals surface area contributed by atoms with Crippen molar-refractivity contribution < 1.29 is 18.0 Å². The predicted octanol–water partition coefficient (Wildman–Crippen LogP) is 2.63. The number of alkyl halides is 3. The fourth-order valence-corrected chi connectivity index (χ4v) is 3.03. The smallest absolute Gasteiger partial charge is 0.337 e. The van der Waals surface area contributed by atoms with Crippen molar-refractivity contribution in [3.63, 3.8) is 0 Å². The topological polar surface area (TPSA) is 68.3 Å². The van der Waals surface area contributed by atoms with Gasteiger partial charge in [-0.1, -0.05) is 0 Å². The van der Waals surface area contributed by atoms with Crippen molar-refractivity contribution in [1.82, 2.24) is 29.3 Å². The number of hydrogen-bond donors (Lipinski definition) is 0. The van der Waals surface area contributed by atoms with Gasteiger partial charge in [-0.15, -0.1) is 0 Å². The Morgan fingerprint density at radius 3 is 2.63 bits per heavy atom. The standard InChI is InChI=1S/C17H17F3N6O/c1-24(8-10-6-21-25(2)9-10)16(27)12-7-22-26-14(17(18,19)20)5-13(11-3-4-11)23-15(12)26/h5-7,9,11H,3-4,8H2,1-2H3. The van der Waals surface area contributed by atoms with Gasteiger partial charge in [0.15, 0.2) is 5.65 Å². The summed E-state index contributed by atoms with van der Waals surface area (Å²) >= 11 is 0. The second-order valence-electron chi connectivity index (χ2n) is 6.82. The first-order valence-corrected chi connectivity index (χ1v) is 8.43. The molecule has 3 aromatic heterocycles. The van der Waals surface area contributed by atoms with Crippen LogP contribution in [-0.2, 0) is 19.8 Å². The van der Waals surface area contributed by atoms with Crippen LogP contribution >= 0.6 is 0 Å². The Balaban J connectivity index is 1.73. The average Bonchev–Trinajstić information content (AvgIpc) is 3.24. The zero-order valence-corrected chi connectivity index (χ0v) is 14.7. The van der Waals surface area contributed by atoms with E-state index in [2.05, 4.69) is 15.2 Å². The summed E-state index contributed by atoms with van der Waals surface area (Å²) in [5, 5.41) is 7.83. The van der Waals surface area contributed by atoms with Crippen LogP contribution in [0.25, 0.3) is 5.65 Å². The van der Waals surface area contributed by atoms with Crippen LogP contribution in [0, 0.1) is 0 Å². The van der Waals surface area contributed by atoms with Gasteiger partial charge in [-0.05, 0) is 18.9 Å². The summed E-state index contributed by atoms with van der Waals surface area (Å²) in [7, 11) is 3.34. The summed E-state index contributed by atoms with van der Waals surface area (Å²) < 4.78 is 42.7. The third kappa shape index (κ3) is 3.26. The van der Waals surface area contributed by atoms with E-state index in [-0.39, 0.29) is 23.7 Å². The quantitative estimate of drug-likeness (QED) is 0.700. The fourth-order valence-electron chi connectivity index (χ4n) is 3.03. The zero-order chi connectivity index (χ0) is 19.3. The van der Waals surface area contributed by atoms with Crippen LogP contribution in [0.15, 0.2) is 24.7 Å². The molecule has 1 aliphatic carbocycles. The molecule has 0 spiro atoms. The molecule has 10 heteroatoms. The van der Waals surface area contributed by atoms with Crippen molar-refractivity contribution >= 4 is 11.6 Å². The third-order valence-corrected chi connectivity index (χ3v) is 4.53. The Morgan fingerprint density at radius 1 is 1.30 bits per heavy atom. The lowest BCUT2D eigenvalue weighted by molar-refractivity contribution is -0.142. The van der Waals surface area contributed by atoms with Crippen LogP contribution in [-0.4, -0.2) is 42.2 Å². The minimum atomic E-state index is -4.58. The molecule has 7 nitrogen and oxygen atoms in total. The maximum absolute atomic E-state index is 13.4. The molecule has 0 bridgehead atoms. The minimum absolute atomic E-state index is 0.0158. The molecule has 0 saturated heterocycles. The predicted molar refractivity (Wildman–Crippen MR) is 89.0 cm³/mol. The Hall–Kier alpha value is -2.91. The van der Waals surface area contributed by atoms with Crippen molar-refractivity contribution in [3.05, 3.63) is 47.2 Å². The number of hydrogen-bond acceptors (Lipinski definition) is 4. The number of nitrogens with zero attached hydrogens (tertiary/aromatic N) is 6. The third-order valence-electron chi connectivity index (χ3n) is 4.53. The molecule has 0 N–H and O–H groups in total. The largest absolute Gasteiger partial charge is 0.433 e. The molecule has 0 atom stereocenters. The first-order chi connectivity index (χ1) is 12.7. The van der Waals surface area contributed by atoms with Crippen molar-refractivity contribution in [1.29, 1.82) is 0 Å². The van der Waals surface area contributed by atoms with Gasteiger partial charge in [0.05, 0.1) is 12.4 Å². The first-order valence-electron chi connectivity index (χ1n) is 8.43. The van der Waals surface area contributed by atoms with Gasteiger partial charge in [-0.3, -0.25) is 9.48 Å². The Kier molecular flexibility index (Phi) is 3.93. The summed E-state index contributed by atoms with van der Waals surface area (Å²) in [5.41, 5.74) is 0.249. The number of carbonyl (C=O) groups is 1. The molecule has 0 aromatic carbocycles. The Labute approximate surface area is 152 Å². The van der Waals surface area contributed by atoms with E-state index in [1.807, 2.05) is 0 Å². The van der Waals surface area contributed by atoms with Gasteiger partial charge < -0.3 is 4.90 Å². The van der Waals surface area contributed by atoms with Gasteiger partial charge in [0.25, 0.3) is 5.91 Å². The molecule has 1 amide bonds. The molecule has 0 unspecified atom stereocenters. The highest BCUT2D eigenvalue weighted by atomic mass is 19.4. The lowest BCUT2D eigenvalue weighted by Crippen LogP contribution is -2.26. The lowest BCUT2D eigenvalue weighted by Gasteiger charge is -2.16. The van der Waals surface area contributed by atoms with E-state index in [4.69, 9.17) is 0 Å². The van der Waals surface area contributed by atoms with Crippen molar-refractivity contribution in [3.8, 4) is 0 Å². The fraction of sp³-hybridized carbons (Fsp3) is 0.412. The molecule has 0 aliphatic heterocycles. The number of fused-ring (bicyclic) bond motifs is 1. The monoisotopic (exact) mass is 378 g/mol. The van der Waals surface area contributed by atoms with Crippen LogP contribution in [0.2, 0.25) is 0 Å². The minimum Gasteiger partial charge on any atom is -0.337 e. The van der Waals surface area contributed by atoms with E-state index in [1.54, 1.807) is 31.2 Å². The van der Waals surface area contributed by atoms with E-state index in [0.717, 1.165) is 30.7 Å². The van der Waals surface area contributed by atoms with Crippen LogP contribution in [0.1, 0.15) is 46.1 Å². The molecule has 3 heterocycles. The Morgan fingerprint density at radius 2 is 2.04 bits per heavy atom. The summed E-state index contributed by atoms with van der Waals surface area (Å²) in [6.45, 7) is 0.276. The normalized spacial score (nSPS) is 14.7. The second-order valence-corrected chi connectivity index (χ2v) is 6.82. The van der Waals surface area contributed by atoms with Gasteiger partial charge in [0, 0.05) is 44.0 Å². The van der Waals surface area contributed by atoms with E-state index in [9.17, 15) is 18.0 Å². The number of aryl methyl sites for hydroxylation is 1. The number of halogens is 3. The number of carbonyl (C=O) groups excluding carboxylic acids is 1. The summed E-state index contributed by atoms with van der Waals surface area (Å²) in [6, 6.07) is 1.03. The van der Waals surface area contributed by atoms with Crippen LogP contribution in [0.3, 0.4) is 0 Å². The molecule has 3 aromatic rings. The van der Waals surface area contributed by atoms with E-state index >= 15 is 0 Å². The highest BCUT2D eigenvalue weighted by Gasteiger charge is 2.38. The van der Waals surface area contributed by atoms with Gasteiger partial charge >= 0.3 is 6.18 Å². The molecule has 1 saturated carbocycles. The van der Waals surface area contributed by atoms with E-state index in [0.29, 0.717) is 10.2 Å². The van der Waals surface area contributed by atoms with Crippen LogP contribution < -0.4 is 0 Å². The molecular weight excluding hydrogens is 361 g/mol.